The zero-order valence-corrected chi connectivity index (χ0v) is 12.9. The van der Waals surface area contributed by atoms with Crippen LogP contribution in [0.4, 0.5) is 0 Å². The summed E-state index contributed by atoms with van der Waals surface area (Å²) < 4.78 is 5.51. The molecule has 2 N–H and O–H groups in total. The third kappa shape index (κ3) is 4.12. The highest BCUT2D eigenvalue weighted by Crippen LogP contribution is 2.30. The summed E-state index contributed by atoms with van der Waals surface area (Å²) in [7, 11) is 1.67. The van der Waals surface area contributed by atoms with Crippen molar-refractivity contribution >= 4 is 23.6 Å². The summed E-state index contributed by atoms with van der Waals surface area (Å²) in [5, 5.41) is 5.54. The molecule has 0 aromatic rings. The lowest BCUT2D eigenvalue weighted by atomic mass is 9.95. The van der Waals surface area contributed by atoms with Gasteiger partial charge < -0.3 is 15.4 Å². The SMILES string of the molecule is COC1(CNC(=O)C(=O)NC2CCCCC2)CCSC1. The number of carbonyl (C=O) groups excluding carboxylic acids is 2. The second-order valence-electron chi connectivity index (χ2n) is 5.68. The molecule has 2 fully saturated rings. The maximum absolute atomic E-state index is 11.8. The van der Waals surface area contributed by atoms with Crippen LogP contribution in [0.25, 0.3) is 0 Å². The molecule has 1 heterocycles. The van der Waals surface area contributed by atoms with Crippen LogP contribution in [0.1, 0.15) is 38.5 Å². The quantitative estimate of drug-likeness (QED) is 0.762. The number of hydrogen-bond acceptors (Lipinski definition) is 4. The maximum atomic E-state index is 11.8. The molecule has 1 saturated heterocycles. The molecule has 0 spiro atoms. The van der Waals surface area contributed by atoms with Gasteiger partial charge in [-0.05, 0) is 25.0 Å². The van der Waals surface area contributed by atoms with E-state index in [1.807, 2.05) is 11.8 Å². The number of methoxy groups -OCH3 is 1. The number of amides is 2. The smallest absolute Gasteiger partial charge is 0.309 e. The first-order valence-corrected chi connectivity index (χ1v) is 8.52. The Labute approximate surface area is 124 Å². The topological polar surface area (TPSA) is 67.4 Å². The van der Waals surface area contributed by atoms with E-state index < -0.39 is 11.8 Å². The van der Waals surface area contributed by atoms with Crippen molar-refractivity contribution in [1.82, 2.24) is 10.6 Å². The van der Waals surface area contributed by atoms with E-state index in [2.05, 4.69) is 10.6 Å². The molecule has 5 nitrogen and oxygen atoms in total. The first kappa shape index (κ1) is 15.6. The summed E-state index contributed by atoms with van der Waals surface area (Å²) in [6, 6.07) is 0.167. The molecular weight excluding hydrogens is 276 g/mol. The molecule has 1 unspecified atom stereocenters. The molecule has 20 heavy (non-hydrogen) atoms. The van der Waals surface area contributed by atoms with Gasteiger partial charge in [-0.3, -0.25) is 9.59 Å². The van der Waals surface area contributed by atoms with Crippen molar-refractivity contribution in [2.45, 2.75) is 50.2 Å². The molecular formula is C14H24N2O3S. The molecule has 0 aromatic heterocycles. The van der Waals surface area contributed by atoms with Gasteiger partial charge >= 0.3 is 11.8 Å². The zero-order valence-electron chi connectivity index (χ0n) is 12.1. The summed E-state index contributed by atoms with van der Waals surface area (Å²) in [4.78, 5) is 23.7. The third-order valence-corrected chi connectivity index (χ3v) is 5.44. The van der Waals surface area contributed by atoms with Crippen LogP contribution in [0.15, 0.2) is 0 Å². The summed E-state index contributed by atoms with van der Waals surface area (Å²) in [6.07, 6.45) is 6.38. The van der Waals surface area contributed by atoms with E-state index in [9.17, 15) is 9.59 Å². The first-order valence-electron chi connectivity index (χ1n) is 7.37. The summed E-state index contributed by atoms with van der Waals surface area (Å²) in [5.74, 6) is 0.865. The number of carbonyl (C=O) groups is 2. The molecule has 2 rings (SSSR count). The van der Waals surface area contributed by atoms with E-state index in [0.717, 1.165) is 43.6 Å². The Morgan fingerprint density at radius 2 is 2.00 bits per heavy atom. The number of hydrogen-bond donors (Lipinski definition) is 2. The van der Waals surface area contributed by atoms with Gasteiger partial charge in [0.25, 0.3) is 0 Å². The van der Waals surface area contributed by atoms with Crippen molar-refractivity contribution < 1.29 is 14.3 Å². The van der Waals surface area contributed by atoms with E-state index in [1.54, 1.807) is 7.11 Å². The molecule has 2 amide bonds. The van der Waals surface area contributed by atoms with Crippen LogP contribution in [0.5, 0.6) is 0 Å². The lowest BCUT2D eigenvalue weighted by Gasteiger charge is -2.27. The molecule has 1 saturated carbocycles. The van der Waals surface area contributed by atoms with Crippen molar-refractivity contribution in [3.63, 3.8) is 0 Å². The number of rotatable bonds is 4. The van der Waals surface area contributed by atoms with Crippen LogP contribution in [-0.2, 0) is 14.3 Å². The van der Waals surface area contributed by atoms with Crippen molar-refractivity contribution in [2.75, 3.05) is 25.2 Å². The molecule has 0 aromatic carbocycles. The Morgan fingerprint density at radius 1 is 1.25 bits per heavy atom. The Bertz CT molecular complexity index is 350. The van der Waals surface area contributed by atoms with Crippen molar-refractivity contribution in [3.8, 4) is 0 Å². The Morgan fingerprint density at radius 3 is 2.60 bits per heavy atom. The fraction of sp³-hybridized carbons (Fsp3) is 0.857. The van der Waals surface area contributed by atoms with Crippen LogP contribution in [0.3, 0.4) is 0 Å². The van der Waals surface area contributed by atoms with E-state index in [-0.39, 0.29) is 11.6 Å². The van der Waals surface area contributed by atoms with Gasteiger partial charge in [-0.25, -0.2) is 0 Å². The van der Waals surface area contributed by atoms with Crippen molar-refractivity contribution in [2.24, 2.45) is 0 Å². The molecule has 2 aliphatic rings. The number of thioether (sulfide) groups is 1. The summed E-state index contributed by atoms with van der Waals surface area (Å²) in [5.41, 5.74) is -0.300. The maximum Gasteiger partial charge on any atom is 0.309 e. The van der Waals surface area contributed by atoms with E-state index in [4.69, 9.17) is 4.74 Å². The van der Waals surface area contributed by atoms with Gasteiger partial charge in [-0.2, -0.15) is 11.8 Å². The number of nitrogens with one attached hydrogen (secondary N) is 2. The van der Waals surface area contributed by atoms with Gasteiger partial charge in [-0.15, -0.1) is 0 Å². The van der Waals surface area contributed by atoms with Gasteiger partial charge in [0.1, 0.15) is 0 Å². The third-order valence-electron chi connectivity index (χ3n) is 4.22. The predicted molar refractivity (Wildman–Crippen MR) is 79.7 cm³/mol. The van der Waals surface area contributed by atoms with Gasteiger partial charge in [0.2, 0.25) is 0 Å². The minimum Gasteiger partial charge on any atom is -0.376 e. The fourth-order valence-corrected chi connectivity index (χ4v) is 4.18. The van der Waals surface area contributed by atoms with E-state index >= 15 is 0 Å². The van der Waals surface area contributed by atoms with Crippen LogP contribution in [0.2, 0.25) is 0 Å². The standard InChI is InChI=1S/C14H24N2O3S/c1-19-14(7-8-20-10-14)9-15-12(17)13(18)16-11-5-3-2-4-6-11/h11H,2-10H2,1H3,(H,15,17)(H,16,18). The summed E-state index contributed by atoms with van der Waals surface area (Å²) in [6.45, 7) is 0.410. The average Bonchev–Trinajstić information content (AvgIpc) is 2.95. The van der Waals surface area contributed by atoms with Gasteiger partial charge in [-0.1, -0.05) is 19.3 Å². The highest BCUT2D eigenvalue weighted by molar-refractivity contribution is 7.99. The molecule has 114 valence electrons. The second kappa shape index (κ2) is 7.31. The van der Waals surface area contributed by atoms with Crippen LogP contribution in [-0.4, -0.2) is 48.6 Å². The fourth-order valence-electron chi connectivity index (χ4n) is 2.78. The summed E-state index contributed by atoms with van der Waals surface area (Å²) >= 11 is 1.82. The van der Waals surface area contributed by atoms with Crippen LogP contribution in [0, 0.1) is 0 Å². The van der Waals surface area contributed by atoms with E-state index in [1.165, 1.54) is 6.42 Å². The first-order chi connectivity index (χ1) is 9.65. The minimum absolute atomic E-state index is 0.167. The molecule has 1 aliphatic carbocycles. The van der Waals surface area contributed by atoms with Gasteiger partial charge in [0.05, 0.1) is 5.60 Å². The number of ether oxygens (including phenoxy) is 1. The largest absolute Gasteiger partial charge is 0.376 e. The van der Waals surface area contributed by atoms with Crippen molar-refractivity contribution in [3.05, 3.63) is 0 Å². The predicted octanol–water partition coefficient (Wildman–Crippen LogP) is 1.07. The molecule has 1 aliphatic heterocycles. The van der Waals surface area contributed by atoms with Gasteiger partial charge in [0.15, 0.2) is 0 Å². The lowest BCUT2D eigenvalue weighted by molar-refractivity contribution is -0.140. The normalized spacial score (nSPS) is 27.2. The molecule has 0 bridgehead atoms. The molecule has 1 atom stereocenters. The minimum atomic E-state index is -0.538. The highest BCUT2D eigenvalue weighted by atomic mass is 32.2. The molecule has 0 radical (unpaired) electrons. The van der Waals surface area contributed by atoms with E-state index in [0.29, 0.717) is 6.54 Å². The highest BCUT2D eigenvalue weighted by Gasteiger charge is 2.35. The van der Waals surface area contributed by atoms with Crippen molar-refractivity contribution in [1.29, 1.82) is 0 Å². The van der Waals surface area contributed by atoms with Crippen LogP contribution >= 0.6 is 11.8 Å². The van der Waals surface area contributed by atoms with Crippen LogP contribution < -0.4 is 10.6 Å². The Hall–Kier alpha value is -0.750. The molecule has 6 heteroatoms. The monoisotopic (exact) mass is 300 g/mol. The Kier molecular flexibility index (Phi) is 5.72. The Balaban J connectivity index is 1.74. The second-order valence-corrected chi connectivity index (χ2v) is 6.79. The lowest BCUT2D eigenvalue weighted by Crippen LogP contribution is -2.50. The van der Waals surface area contributed by atoms with Gasteiger partial charge in [0, 0.05) is 25.4 Å². The zero-order chi connectivity index (χ0) is 14.4. The average molecular weight is 300 g/mol.